The number of aromatic nitrogens is 3. The fourth-order valence-electron chi connectivity index (χ4n) is 3.82. The van der Waals surface area contributed by atoms with Crippen molar-refractivity contribution in [1.82, 2.24) is 20.1 Å². The van der Waals surface area contributed by atoms with Gasteiger partial charge in [0.05, 0.1) is 40.6 Å². The molecule has 4 aromatic rings. The molecule has 12 nitrogen and oxygen atoms in total. The molecule has 0 saturated heterocycles. The molecule has 1 heterocycles. The molecule has 16 heteroatoms. The lowest BCUT2D eigenvalue weighted by molar-refractivity contribution is -0.384. The molecule has 0 bridgehead atoms. The summed E-state index contributed by atoms with van der Waals surface area (Å²) < 4.78 is 46.6. The number of benzene rings is 3. The van der Waals surface area contributed by atoms with Crippen LogP contribution in [0.3, 0.4) is 0 Å². The van der Waals surface area contributed by atoms with Crippen molar-refractivity contribution in [2.24, 2.45) is 0 Å². The van der Waals surface area contributed by atoms with E-state index in [1.165, 1.54) is 53.1 Å². The molecule has 228 valence electrons. The highest BCUT2D eigenvalue weighted by Crippen LogP contribution is 2.32. The smallest absolute Gasteiger partial charge is 0.416 e. The molecule has 44 heavy (non-hydrogen) atoms. The van der Waals surface area contributed by atoms with Gasteiger partial charge in [0.1, 0.15) is 0 Å². The van der Waals surface area contributed by atoms with Gasteiger partial charge in [-0.1, -0.05) is 17.8 Å². The number of hydrogen-bond donors (Lipinski definition) is 2. The van der Waals surface area contributed by atoms with Crippen LogP contribution < -0.4 is 10.6 Å². The van der Waals surface area contributed by atoms with E-state index in [0.29, 0.717) is 11.3 Å². The molecule has 2 N–H and O–H groups in total. The summed E-state index contributed by atoms with van der Waals surface area (Å²) in [4.78, 5) is 47.4. The van der Waals surface area contributed by atoms with Crippen LogP contribution in [0.4, 0.5) is 24.5 Å². The molecular formula is C28H23F3N6O6S. The third-order valence-corrected chi connectivity index (χ3v) is 6.82. The highest BCUT2D eigenvalue weighted by atomic mass is 32.2. The molecule has 4 rings (SSSR count). The van der Waals surface area contributed by atoms with Crippen molar-refractivity contribution in [3.05, 3.63) is 105 Å². The Hall–Kier alpha value is -5.25. The van der Waals surface area contributed by atoms with E-state index in [2.05, 4.69) is 20.8 Å². The number of carbonyl (C=O) groups excluding carboxylic acids is 3. The van der Waals surface area contributed by atoms with Gasteiger partial charge in [0.15, 0.2) is 11.0 Å². The van der Waals surface area contributed by atoms with Gasteiger partial charge in [-0.25, -0.2) is 4.79 Å². The van der Waals surface area contributed by atoms with E-state index < -0.39 is 34.4 Å². The Morgan fingerprint density at radius 1 is 1.00 bits per heavy atom. The molecule has 0 saturated carbocycles. The zero-order valence-corrected chi connectivity index (χ0v) is 23.6. The zero-order valence-electron chi connectivity index (χ0n) is 22.8. The van der Waals surface area contributed by atoms with E-state index in [0.717, 1.165) is 36.0 Å². The molecule has 0 aliphatic carbocycles. The Morgan fingerprint density at radius 2 is 1.68 bits per heavy atom. The molecule has 0 atom stereocenters. The number of nitrogens with one attached hydrogen (secondary N) is 2. The van der Waals surface area contributed by atoms with Crippen LogP contribution in [0.2, 0.25) is 0 Å². The number of thioether (sulfide) groups is 1. The van der Waals surface area contributed by atoms with Crippen molar-refractivity contribution in [1.29, 1.82) is 0 Å². The normalized spacial score (nSPS) is 11.1. The molecule has 1 aromatic heterocycles. The highest BCUT2D eigenvalue weighted by molar-refractivity contribution is 7.99. The summed E-state index contributed by atoms with van der Waals surface area (Å²) in [7, 11) is 0. The first kappa shape index (κ1) is 31.7. The zero-order chi connectivity index (χ0) is 31.9. The van der Waals surface area contributed by atoms with Gasteiger partial charge in [0.25, 0.3) is 11.6 Å². The van der Waals surface area contributed by atoms with Crippen molar-refractivity contribution in [2.45, 2.75) is 24.8 Å². The number of carbonyl (C=O) groups is 3. The second kappa shape index (κ2) is 13.8. The maximum absolute atomic E-state index is 13.5. The molecule has 2 amide bonds. The number of non-ortho nitro benzene ring substituents is 1. The van der Waals surface area contributed by atoms with Crippen LogP contribution in [-0.2, 0) is 22.3 Å². The number of esters is 1. The van der Waals surface area contributed by atoms with E-state index in [9.17, 15) is 37.7 Å². The van der Waals surface area contributed by atoms with Crippen LogP contribution in [-0.4, -0.2) is 49.8 Å². The Morgan fingerprint density at radius 3 is 2.32 bits per heavy atom. The van der Waals surface area contributed by atoms with Crippen molar-refractivity contribution in [2.75, 3.05) is 17.7 Å². The summed E-state index contributed by atoms with van der Waals surface area (Å²) in [6.45, 7) is 1.63. The third-order valence-electron chi connectivity index (χ3n) is 5.89. The second-order valence-electron chi connectivity index (χ2n) is 8.90. The standard InChI is InChI=1S/C28H23F3N6O6S/c1-2-43-26(40)18-6-10-20(11-7-18)33-24(38)16-44-27-35-34-23(36(27)22-5-3-4-19(14-22)28(29,30)31)15-32-25(39)17-8-12-21(13-9-17)37(41)42/h3-14H,2,15-16H2,1H3,(H,32,39)(H,33,38). The number of halogens is 3. The number of nitro groups is 1. The molecule has 0 aliphatic rings. The minimum absolute atomic E-state index is 0.0434. The number of ether oxygens (including phenoxy) is 1. The van der Waals surface area contributed by atoms with Crippen LogP contribution in [0.15, 0.2) is 78.0 Å². The Bertz CT molecular complexity index is 1680. The van der Waals surface area contributed by atoms with Gasteiger partial charge in [-0.2, -0.15) is 13.2 Å². The van der Waals surface area contributed by atoms with Gasteiger partial charge < -0.3 is 15.4 Å². The number of anilines is 1. The minimum atomic E-state index is -4.63. The molecule has 0 radical (unpaired) electrons. The maximum atomic E-state index is 13.5. The lowest BCUT2D eigenvalue weighted by Gasteiger charge is -2.13. The number of hydrogen-bond acceptors (Lipinski definition) is 9. The predicted octanol–water partition coefficient (Wildman–Crippen LogP) is 5.03. The van der Waals surface area contributed by atoms with Crippen molar-refractivity contribution >= 4 is 40.9 Å². The van der Waals surface area contributed by atoms with Crippen LogP contribution in [0.1, 0.15) is 39.0 Å². The molecule has 0 fully saturated rings. The van der Waals surface area contributed by atoms with Gasteiger partial charge in [0.2, 0.25) is 5.91 Å². The summed E-state index contributed by atoms with van der Waals surface area (Å²) in [6.07, 6.45) is -4.63. The quantitative estimate of drug-likeness (QED) is 0.101. The molecule has 3 aromatic carbocycles. The average molecular weight is 629 g/mol. The SMILES string of the molecule is CCOC(=O)c1ccc(NC(=O)CSc2nnc(CNC(=O)c3ccc([N+](=O)[O-])cc3)n2-c2cccc(C(F)(F)F)c2)cc1. The van der Waals surface area contributed by atoms with E-state index in [1.807, 2.05) is 0 Å². The topological polar surface area (TPSA) is 158 Å². The molecular weight excluding hydrogens is 605 g/mol. The first-order chi connectivity index (χ1) is 21.0. The van der Waals surface area contributed by atoms with Gasteiger partial charge in [0, 0.05) is 23.4 Å². The van der Waals surface area contributed by atoms with Gasteiger partial charge >= 0.3 is 12.1 Å². The maximum Gasteiger partial charge on any atom is 0.416 e. The van der Waals surface area contributed by atoms with Gasteiger partial charge in [-0.3, -0.25) is 24.3 Å². The first-order valence-corrected chi connectivity index (χ1v) is 13.8. The van der Waals surface area contributed by atoms with E-state index in [-0.39, 0.29) is 46.8 Å². The number of alkyl halides is 3. The first-order valence-electron chi connectivity index (χ1n) is 12.8. The second-order valence-corrected chi connectivity index (χ2v) is 9.85. The van der Waals surface area contributed by atoms with Crippen molar-refractivity contribution in [3.8, 4) is 5.69 Å². The summed E-state index contributed by atoms with van der Waals surface area (Å²) in [5.74, 6) is -1.72. The van der Waals surface area contributed by atoms with Crippen LogP contribution in [0.25, 0.3) is 5.69 Å². The summed E-state index contributed by atoms with van der Waals surface area (Å²) in [6, 6.07) is 15.3. The number of nitrogens with zero attached hydrogens (tertiary/aromatic N) is 4. The largest absolute Gasteiger partial charge is 0.462 e. The number of amides is 2. The van der Waals surface area contributed by atoms with E-state index >= 15 is 0 Å². The van der Waals surface area contributed by atoms with Crippen molar-refractivity contribution in [3.63, 3.8) is 0 Å². The number of nitro benzene ring substituents is 1. The fourth-order valence-corrected chi connectivity index (χ4v) is 4.59. The Kier molecular flexibility index (Phi) is 9.95. The summed E-state index contributed by atoms with van der Waals surface area (Å²) in [5, 5.41) is 24.2. The molecule has 0 unspecified atom stereocenters. The third kappa shape index (κ3) is 7.97. The van der Waals surface area contributed by atoms with E-state index in [4.69, 9.17) is 4.74 Å². The van der Waals surface area contributed by atoms with Crippen molar-refractivity contribution < 1.29 is 37.2 Å². The summed E-state index contributed by atoms with van der Waals surface area (Å²) >= 11 is 0.898. The lowest BCUT2D eigenvalue weighted by atomic mass is 10.2. The van der Waals surface area contributed by atoms with E-state index in [1.54, 1.807) is 6.92 Å². The number of rotatable bonds is 11. The Labute approximate surface area is 251 Å². The monoisotopic (exact) mass is 628 g/mol. The molecule has 0 aliphatic heterocycles. The Balaban J connectivity index is 1.51. The van der Waals surface area contributed by atoms with Crippen LogP contribution >= 0.6 is 11.8 Å². The summed E-state index contributed by atoms with van der Waals surface area (Å²) in [5.41, 5.74) is -0.266. The minimum Gasteiger partial charge on any atom is -0.462 e. The van der Waals surface area contributed by atoms with Gasteiger partial charge in [-0.05, 0) is 61.5 Å². The van der Waals surface area contributed by atoms with Crippen LogP contribution in [0, 0.1) is 10.1 Å². The predicted molar refractivity (Wildman–Crippen MR) is 152 cm³/mol. The van der Waals surface area contributed by atoms with Gasteiger partial charge in [-0.15, -0.1) is 10.2 Å². The molecule has 0 spiro atoms. The van der Waals surface area contributed by atoms with Crippen LogP contribution in [0.5, 0.6) is 0 Å². The lowest BCUT2D eigenvalue weighted by Crippen LogP contribution is -2.24. The average Bonchev–Trinajstić information content (AvgIpc) is 3.41. The highest BCUT2D eigenvalue weighted by Gasteiger charge is 2.31. The fraction of sp³-hybridized carbons (Fsp3) is 0.179.